The number of hydrogen-bond acceptors (Lipinski definition) is 6. The van der Waals surface area contributed by atoms with Crippen LogP contribution in [-0.4, -0.2) is 33.7 Å². The number of aryl methyl sites for hydroxylation is 2. The van der Waals surface area contributed by atoms with Gasteiger partial charge in [-0.25, -0.2) is 14.6 Å². The molecule has 0 saturated carbocycles. The van der Waals surface area contributed by atoms with Crippen LogP contribution in [0.25, 0.3) is 11.5 Å². The van der Waals surface area contributed by atoms with Crippen LogP contribution >= 0.6 is 0 Å². The molecule has 5 heterocycles. The lowest BCUT2D eigenvalue weighted by molar-refractivity contribution is 0.576. The summed E-state index contributed by atoms with van der Waals surface area (Å²) in [6.45, 7) is 2.00. The van der Waals surface area contributed by atoms with E-state index in [2.05, 4.69) is 30.6 Å². The van der Waals surface area contributed by atoms with E-state index < -0.39 is 0 Å². The number of hydrogen-bond donors (Lipinski definition) is 2. The SMILES string of the molecule is Cc1ccc(Nc2nc(Nc3ccn4ccnc4c3)cc(-n3ccn3C)n2)nc1.[HH].[HH]. The van der Waals surface area contributed by atoms with E-state index in [1.165, 1.54) is 0 Å². The van der Waals surface area contributed by atoms with Gasteiger partial charge < -0.3 is 15.0 Å². The second kappa shape index (κ2) is 6.79. The first-order valence-corrected chi connectivity index (χ1v) is 9.13. The molecule has 0 fully saturated rings. The largest absolute Gasteiger partial charge is 0.340 e. The van der Waals surface area contributed by atoms with E-state index in [1.54, 1.807) is 12.4 Å². The van der Waals surface area contributed by atoms with Crippen LogP contribution in [0.5, 0.6) is 0 Å². The Labute approximate surface area is 169 Å². The summed E-state index contributed by atoms with van der Waals surface area (Å²) in [5.41, 5.74) is 2.84. The minimum atomic E-state index is 0. The second-order valence-corrected chi connectivity index (χ2v) is 6.73. The number of nitrogens with one attached hydrogen (secondary N) is 2. The number of aromatic nitrogens is 7. The molecule has 9 heteroatoms. The lowest BCUT2D eigenvalue weighted by atomic mass is 10.3. The van der Waals surface area contributed by atoms with Crippen molar-refractivity contribution in [3.8, 4) is 5.82 Å². The van der Waals surface area contributed by atoms with Gasteiger partial charge in [0.1, 0.15) is 17.3 Å². The molecule has 5 rings (SSSR count). The molecule has 29 heavy (non-hydrogen) atoms. The van der Waals surface area contributed by atoms with Crippen molar-refractivity contribution in [3.63, 3.8) is 0 Å². The van der Waals surface area contributed by atoms with E-state index in [4.69, 9.17) is 0 Å². The second-order valence-electron chi connectivity index (χ2n) is 6.73. The van der Waals surface area contributed by atoms with Gasteiger partial charge in [0.25, 0.3) is 0 Å². The van der Waals surface area contributed by atoms with Crippen molar-refractivity contribution in [3.05, 3.63) is 73.1 Å². The van der Waals surface area contributed by atoms with Gasteiger partial charge in [-0.3, -0.25) is 4.68 Å². The van der Waals surface area contributed by atoms with Crippen molar-refractivity contribution >= 4 is 28.9 Å². The molecule has 0 bridgehead atoms. The normalized spacial score (nSPS) is 11.1. The fourth-order valence-corrected chi connectivity index (χ4v) is 2.97. The average Bonchev–Trinajstić information content (AvgIpc) is 3.16. The minimum Gasteiger partial charge on any atom is -0.340 e. The van der Waals surface area contributed by atoms with Crippen LogP contribution in [0, 0.1) is 6.92 Å². The van der Waals surface area contributed by atoms with Crippen molar-refractivity contribution in [1.82, 2.24) is 33.7 Å². The Balaban J connectivity index is 0.00000136. The zero-order valence-electron chi connectivity index (χ0n) is 16.0. The molecule has 0 aliphatic heterocycles. The Kier molecular flexibility index (Phi) is 3.98. The molecule has 5 aromatic heterocycles. The van der Waals surface area contributed by atoms with E-state index in [-0.39, 0.29) is 2.85 Å². The number of anilines is 4. The zero-order valence-corrected chi connectivity index (χ0v) is 16.0. The van der Waals surface area contributed by atoms with Crippen molar-refractivity contribution in [2.24, 2.45) is 7.05 Å². The van der Waals surface area contributed by atoms with Crippen LogP contribution < -0.4 is 10.6 Å². The Hall–Kier alpha value is -4.14. The monoisotopic (exact) mass is 389 g/mol. The van der Waals surface area contributed by atoms with Gasteiger partial charge in [0, 0.05) is 64.9 Å². The molecule has 2 N–H and O–H groups in total. The Morgan fingerprint density at radius 1 is 0.897 bits per heavy atom. The van der Waals surface area contributed by atoms with Gasteiger partial charge >= 0.3 is 0 Å². The molecule has 0 aromatic carbocycles. The predicted octanol–water partition coefficient (Wildman–Crippen LogP) is 3.94. The third kappa shape index (κ3) is 3.41. The summed E-state index contributed by atoms with van der Waals surface area (Å²) in [6.07, 6.45) is 11.3. The van der Waals surface area contributed by atoms with Gasteiger partial charge in [0.2, 0.25) is 5.95 Å². The molecule has 0 aliphatic rings. The third-order valence-corrected chi connectivity index (χ3v) is 4.53. The molecule has 0 saturated heterocycles. The molecule has 0 aliphatic carbocycles. The summed E-state index contributed by atoms with van der Waals surface area (Å²) in [7, 11) is 1.95. The summed E-state index contributed by atoms with van der Waals surface area (Å²) in [5.74, 6) is 2.54. The van der Waals surface area contributed by atoms with Crippen LogP contribution in [-0.2, 0) is 7.05 Å². The molecule has 0 spiro atoms. The number of pyridine rings is 2. The minimum absolute atomic E-state index is 0. The highest BCUT2D eigenvalue weighted by atomic mass is 15.4. The van der Waals surface area contributed by atoms with Crippen molar-refractivity contribution in [2.45, 2.75) is 6.92 Å². The average molecular weight is 389 g/mol. The number of rotatable bonds is 5. The molecule has 0 atom stereocenters. The predicted molar refractivity (Wildman–Crippen MR) is 115 cm³/mol. The van der Waals surface area contributed by atoms with E-state index >= 15 is 0 Å². The van der Waals surface area contributed by atoms with Gasteiger partial charge in [-0.2, -0.15) is 9.97 Å². The first-order chi connectivity index (χ1) is 14.1. The molecular formula is C20H23N9. The third-order valence-electron chi connectivity index (χ3n) is 4.53. The van der Waals surface area contributed by atoms with Gasteiger partial charge in [-0.05, 0) is 24.6 Å². The molecule has 0 unspecified atom stereocenters. The number of nitrogens with zero attached hydrogens (tertiary/aromatic N) is 7. The topological polar surface area (TPSA) is 89.9 Å². The summed E-state index contributed by atoms with van der Waals surface area (Å²) < 4.78 is 5.82. The summed E-state index contributed by atoms with van der Waals surface area (Å²) in [4.78, 5) is 17.9. The van der Waals surface area contributed by atoms with E-state index in [1.807, 2.05) is 82.9 Å². The summed E-state index contributed by atoms with van der Waals surface area (Å²) in [5, 5.41) is 6.53. The van der Waals surface area contributed by atoms with Crippen LogP contribution in [0.4, 0.5) is 23.3 Å². The van der Waals surface area contributed by atoms with Crippen LogP contribution in [0.1, 0.15) is 8.42 Å². The van der Waals surface area contributed by atoms with Gasteiger partial charge in [-0.15, -0.1) is 0 Å². The maximum Gasteiger partial charge on any atom is 0.232 e. The maximum atomic E-state index is 4.62. The van der Waals surface area contributed by atoms with Gasteiger partial charge in [0.05, 0.1) is 0 Å². The van der Waals surface area contributed by atoms with Gasteiger partial charge in [-0.1, -0.05) is 6.07 Å². The first-order valence-electron chi connectivity index (χ1n) is 9.13. The Bertz CT molecular complexity index is 1290. The van der Waals surface area contributed by atoms with Crippen LogP contribution in [0.2, 0.25) is 0 Å². The summed E-state index contributed by atoms with van der Waals surface area (Å²) >= 11 is 0. The molecule has 148 valence electrons. The fraction of sp³-hybridized carbons (Fsp3) is 0.100. The van der Waals surface area contributed by atoms with Crippen molar-refractivity contribution < 1.29 is 2.85 Å². The quantitative estimate of drug-likeness (QED) is 0.473. The first kappa shape index (κ1) is 17.0. The molecule has 9 nitrogen and oxygen atoms in total. The number of imidazole rings is 1. The fourth-order valence-electron chi connectivity index (χ4n) is 2.97. The Morgan fingerprint density at radius 3 is 2.59 bits per heavy atom. The smallest absolute Gasteiger partial charge is 0.232 e. The Morgan fingerprint density at radius 2 is 1.83 bits per heavy atom. The highest BCUT2D eigenvalue weighted by molar-refractivity contribution is 5.64. The zero-order chi connectivity index (χ0) is 19.8. The number of fused-ring (bicyclic) bond motifs is 1. The summed E-state index contributed by atoms with van der Waals surface area (Å²) in [6, 6.07) is 9.72. The van der Waals surface area contributed by atoms with Crippen molar-refractivity contribution in [1.29, 1.82) is 0 Å². The lowest BCUT2D eigenvalue weighted by Crippen LogP contribution is -2.17. The molecule has 0 radical (unpaired) electrons. The van der Waals surface area contributed by atoms with Crippen molar-refractivity contribution in [2.75, 3.05) is 10.6 Å². The van der Waals surface area contributed by atoms with Crippen LogP contribution in [0.3, 0.4) is 0 Å². The highest BCUT2D eigenvalue weighted by Crippen LogP contribution is 2.21. The lowest BCUT2D eigenvalue weighted by Gasteiger charge is -2.18. The molecule has 5 aromatic rings. The van der Waals surface area contributed by atoms with Crippen LogP contribution in [0.15, 0.2) is 67.5 Å². The standard InChI is InChI=1S/C20H19N9.2H2/c1-14-3-4-16(22-13-14)24-20-25-17(12-19(26-20)29-10-9-27(29)2)23-15-5-7-28-8-6-21-18(28)11-15;;/h3-13H,1-2H3,(H2,22,23,24,25,26);2*1H. The maximum absolute atomic E-state index is 4.62. The van der Waals surface area contributed by atoms with E-state index in [0.717, 1.165) is 22.7 Å². The van der Waals surface area contributed by atoms with E-state index in [0.29, 0.717) is 17.6 Å². The van der Waals surface area contributed by atoms with Gasteiger partial charge in [0.15, 0.2) is 5.82 Å². The highest BCUT2D eigenvalue weighted by Gasteiger charge is 2.10. The molecular weight excluding hydrogens is 366 g/mol. The van der Waals surface area contributed by atoms with E-state index in [9.17, 15) is 0 Å². The molecule has 0 amide bonds.